The number of hydrogen-bond acceptors (Lipinski definition) is 4. The van der Waals surface area contributed by atoms with E-state index in [1.54, 1.807) is 23.0 Å². The Hall–Kier alpha value is -1.10. The summed E-state index contributed by atoms with van der Waals surface area (Å²) in [6.45, 7) is 11.0. The zero-order chi connectivity index (χ0) is 18.2. The van der Waals surface area contributed by atoms with E-state index >= 15 is 0 Å². The molecule has 1 unspecified atom stereocenters. The Morgan fingerprint density at radius 2 is 1.75 bits per heavy atom. The van der Waals surface area contributed by atoms with Gasteiger partial charge in [-0.1, -0.05) is 34.1 Å². The first kappa shape index (κ1) is 22.9. The van der Waals surface area contributed by atoms with E-state index in [2.05, 4.69) is 11.9 Å². The van der Waals surface area contributed by atoms with Gasteiger partial charge in [0.2, 0.25) is 0 Å². The van der Waals surface area contributed by atoms with Gasteiger partial charge in [0.15, 0.2) is 0 Å². The van der Waals surface area contributed by atoms with E-state index in [-0.39, 0.29) is 12.2 Å². The minimum atomic E-state index is -0.0769. The molecule has 1 atom stereocenters. The smallest absolute Gasteiger partial charge is 0.410 e. The lowest BCUT2D eigenvalue weighted by Crippen LogP contribution is -2.36. The highest BCUT2D eigenvalue weighted by molar-refractivity contribution is 7.07. The van der Waals surface area contributed by atoms with Crippen molar-refractivity contribution in [3.05, 3.63) is 17.1 Å². The molecule has 2 fully saturated rings. The van der Waals surface area contributed by atoms with Crippen molar-refractivity contribution in [1.82, 2.24) is 9.88 Å². The van der Waals surface area contributed by atoms with Crippen molar-refractivity contribution in [1.29, 1.82) is 0 Å². The third-order valence-corrected chi connectivity index (χ3v) is 4.48. The Kier molecular flexibility index (Phi) is 14.7. The highest BCUT2D eigenvalue weighted by Gasteiger charge is 2.28. The van der Waals surface area contributed by atoms with Crippen molar-refractivity contribution in [2.24, 2.45) is 0 Å². The molecule has 2 heterocycles. The fourth-order valence-corrected chi connectivity index (χ4v) is 3.12. The van der Waals surface area contributed by atoms with Gasteiger partial charge in [0.25, 0.3) is 0 Å². The number of carbonyl (C=O) groups is 1. The predicted molar refractivity (Wildman–Crippen MR) is 104 cm³/mol. The molecule has 4 nitrogen and oxygen atoms in total. The maximum Gasteiger partial charge on any atom is 0.410 e. The molecule has 1 saturated heterocycles. The Morgan fingerprint density at radius 1 is 1.08 bits per heavy atom. The van der Waals surface area contributed by atoms with Gasteiger partial charge in [-0.05, 0) is 45.4 Å². The molecule has 3 rings (SSSR count). The molecular formula is C19H36N2O2S. The van der Waals surface area contributed by atoms with Crippen LogP contribution in [0.5, 0.6) is 0 Å². The lowest BCUT2D eigenvalue weighted by atomic mass is 9.98. The molecule has 0 radical (unpaired) electrons. The molecule has 5 heteroatoms. The van der Waals surface area contributed by atoms with Gasteiger partial charge in [-0.25, -0.2) is 4.79 Å². The van der Waals surface area contributed by atoms with E-state index in [9.17, 15) is 4.79 Å². The first-order valence-electron chi connectivity index (χ1n) is 9.57. The van der Waals surface area contributed by atoms with Crippen LogP contribution < -0.4 is 0 Å². The van der Waals surface area contributed by atoms with E-state index < -0.39 is 0 Å². The topological polar surface area (TPSA) is 42.4 Å². The van der Waals surface area contributed by atoms with Crippen LogP contribution in [0.3, 0.4) is 0 Å². The minimum absolute atomic E-state index is 0.0769. The largest absolute Gasteiger partial charge is 0.446 e. The van der Waals surface area contributed by atoms with Crippen LogP contribution in [-0.2, 0) is 4.74 Å². The monoisotopic (exact) mass is 356 g/mol. The second kappa shape index (κ2) is 15.4. The molecule has 1 aromatic heterocycles. The van der Waals surface area contributed by atoms with Crippen molar-refractivity contribution < 1.29 is 9.53 Å². The number of nitrogens with zero attached hydrogens (tertiary/aromatic N) is 2. The fraction of sp³-hybridized carbons (Fsp3) is 0.789. The van der Waals surface area contributed by atoms with Crippen LogP contribution in [0.1, 0.15) is 79.6 Å². The van der Waals surface area contributed by atoms with Crippen LogP contribution in [0.15, 0.2) is 17.1 Å². The molecule has 1 aliphatic carbocycles. The number of hydrogen-bond donors (Lipinski definition) is 0. The van der Waals surface area contributed by atoms with Crippen LogP contribution in [0, 0.1) is 0 Å². The van der Waals surface area contributed by atoms with Crippen LogP contribution in [0.2, 0.25) is 0 Å². The van der Waals surface area contributed by atoms with Crippen LogP contribution in [-0.4, -0.2) is 34.7 Å². The van der Waals surface area contributed by atoms with E-state index in [0.29, 0.717) is 6.04 Å². The molecule has 1 aromatic rings. The van der Waals surface area contributed by atoms with E-state index in [4.69, 9.17) is 4.74 Å². The summed E-state index contributed by atoms with van der Waals surface area (Å²) in [7, 11) is 0. The highest BCUT2D eigenvalue weighted by atomic mass is 32.1. The van der Waals surface area contributed by atoms with Crippen molar-refractivity contribution >= 4 is 17.4 Å². The average Bonchev–Trinajstić information content (AvgIpc) is 3.34. The molecular weight excluding hydrogens is 320 g/mol. The number of likely N-dealkylation sites (tertiary alicyclic amines) is 1. The zero-order valence-corrected chi connectivity index (χ0v) is 17.0. The van der Waals surface area contributed by atoms with E-state index in [1.165, 1.54) is 19.3 Å². The van der Waals surface area contributed by atoms with Crippen molar-refractivity contribution in [3.8, 4) is 0 Å². The minimum Gasteiger partial charge on any atom is -0.446 e. The van der Waals surface area contributed by atoms with Gasteiger partial charge in [0, 0.05) is 24.2 Å². The number of carbonyl (C=O) groups excluding carboxylic acids is 1. The molecule has 2 aliphatic rings. The Bertz CT molecular complexity index is 362. The van der Waals surface area contributed by atoms with Gasteiger partial charge in [0.1, 0.15) is 6.10 Å². The summed E-state index contributed by atoms with van der Waals surface area (Å²) in [6, 6.07) is 0.376. The summed E-state index contributed by atoms with van der Waals surface area (Å²) in [5.41, 5.74) is 1.79. The van der Waals surface area contributed by atoms with E-state index in [0.717, 1.165) is 32.2 Å². The maximum atomic E-state index is 11.8. The van der Waals surface area contributed by atoms with Crippen molar-refractivity contribution in [2.75, 3.05) is 6.54 Å². The molecule has 1 aliphatic heterocycles. The second-order valence-electron chi connectivity index (χ2n) is 5.50. The molecule has 140 valence electrons. The summed E-state index contributed by atoms with van der Waals surface area (Å²) in [5.74, 6) is 0. The summed E-state index contributed by atoms with van der Waals surface area (Å²) < 4.78 is 5.53. The standard InChI is InChI=1S/C12H21NO2.C3H3NS.2C2H6/c1-10-6-5-9-13(10)12(14)15-11-7-3-2-4-8-11;1-2-5-3-4-1;2*1-2/h10-11H,2-9H2,1H3;1-3H;2*1-2H3. The van der Waals surface area contributed by atoms with E-state index in [1.807, 2.05) is 38.0 Å². The summed E-state index contributed by atoms with van der Waals surface area (Å²) >= 11 is 1.60. The molecule has 0 spiro atoms. The number of rotatable bonds is 1. The number of aromatic nitrogens is 1. The van der Waals surface area contributed by atoms with Crippen LogP contribution in [0.25, 0.3) is 0 Å². The zero-order valence-electron chi connectivity index (χ0n) is 16.2. The lowest BCUT2D eigenvalue weighted by molar-refractivity contribution is 0.0446. The van der Waals surface area contributed by atoms with Gasteiger partial charge in [-0.2, -0.15) is 0 Å². The SMILES string of the molecule is CC.CC.CC1CCCN1C(=O)OC1CCCCC1.c1cscn1. The Morgan fingerprint density at radius 3 is 2.17 bits per heavy atom. The van der Waals surface area contributed by atoms with Gasteiger partial charge in [-0.15, -0.1) is 11.3 Å². The lowest BCUT2D eigenvalue weighted by Gasteiger charge is -2.27. The van der Waals surface area contributed by atoms with Gasteiger partial charge < -0.3 is 9.64 Å². The quantitative estimate of drug-likeness (QED) is 0.607. The molecule has 0 bridgehead atoms. The van der Waals surface area contributed by atoms with Crippen LogP contribution in [0.4, 0.5) is 4.79 Å². The molecule has 0 aromatic carbocycles. The maximum absolute atomic E-state index is 11.8. The molecule has 24 heavy (non-hydrogen) atoms. The summed E-state index contributed by atoms with van der Waals surface area (Å²) in [5, 5.41) is 1.93. The number of thiazole rings is 1. The number of amides is 1. The summed E-state index contributed by atoms with van der Waals surface area (Å²) in [6.07, 6.45) is 9.99. The van der Waals surface area contributed by atoms with Crippen LogP contribution >= 0.6 is 11.3 Å². The Balaban J connectivity index is 0.000000490. The highest BCUT2D eigenvalue weighted by Crippen LogP contribution is 2.23. The number of ether oxygens (including phenoxy) is 1. The van der Waals surface area contributed by atoms with Crippen molar-refractivity contribution in [3.63, 3.8) is 0 Å². The first-order chi connectivity index (χ1) is 11.8. The predicted octanol–water partition coefficient (Wildman–Crippen LogP) is 6.14. The second-order valence-corrected chi connectivity index (χ2v) is 6.26. The normalized spacial score (nSPS) is 19.7. The first-order valence-corrected chi connectivity index (χ1v) is 10.5. The fourth-order valence-electron chi connectivity index (χ4n) is 2.77. The Labute approximate surface area is 152 Å². The van der Waals surface area contributed by atoms with Gasteiger partial charge in [0.05, 0.1) is 5.51 Å². The molecule has 0 N–H and O–H groups in total. The third-order valence-electron chi connectivity index (χ3n) is 3.95. The van der Waals surface area contributed by atoms with Gasteiger partial charge >= 0.3 is 6.09 Å². The third kappa shape index (κ3) is 9.26. The molecule has 1 saturated carbocycles. The average molecular weight is 357 g/mol. The molecule has 1 amide bonds. The van der Waals surface area contributed by atoms with Crippen molar-refractivity contribution in [2.45, 2.75) is 91.7 Å². The summed E-state index contributed by atoms with van der Waals surface area (Å²) in [4.78, 5) is 17.5. The van der Waals surface area contributed by atoms with Gasteiger partial charge in [-0.3, -0.25) is 4.98 Å².